The van der Waals surface area contributed by atoms with E-state index in [2.05, 4.69) is 31.8 Å². The van der Waals surface area contributed by atoms with Gasteiger partial charge in [0.25, 0.3) is 0 Å². The molecule has 35 heavy (non-hydrogen) atoms. The van der Waals surface area contributed by atoms with Crippen molar-refractivity contribution in [2.24, 2.45) is 23.2 Å². The molecule has 2 aliphatic carbocycles. The Bertz CT molecular complexity index is 1320. The van der Waals surface area contributed by atoms with Gasteiger partial charge in [-0.2, -0.15) is 0 Å². The largest absolute Gasteiger partial charge is 0.733 e. The summed E-state index contributed by atoms with van der Waals surface area (Å²) in [6, 6.07) is 14.1. The maximum atomic E-state index is 14.0. The molecule has 5 atom stereocenters. The second kappa shape index (κ2) is 7.67. The minimum atomic E-state index is -0.543. The van der Waals surface area contributed by atoms with Crippen LogP contribution in [0.25, 0.3) is 10.9 Å². The number of benzene rings is 2. The first-order valence-electron chi connectivity index (χ1n) is 12.4. The normalized spacial score (nSPS) is 28.1. The summed E-state index contributed by atoms with van der Waals surface area (Å²) in [7, 11) is 0. The number of carbonyl (C=O) groups is 2. The van der Waals surface area contributed by atoms with Crippen LogP contribution in [-0.4, -0.2) is 22.0 Å². The van der Waals surface area contributed by atoms with E-state index in [1.165, 1.54) is 22.6 Å². The second-order valence-electron chi connectivity index (χ2n) is 11.4. The van der Waals surface area contributed by atoms with E-state index >= 15 is 0 Å². The molecule has 3 aliphatic rings. The molecule has 0 bridgehead atoms. The topological polar surface area (TPSA) is 99.7 Å². The number of hydrogen-bond acceptors (Lipinski definition) is 5. The number of nitrogens with one attached hydrogen (secondary N) is 1. The number of hydrogen-bond donors (Lipinski definition) is 2. The van der Waals surface area contributed by atoms with Gasteiger partial charge in [-0.1, -0.05) is 39.0 Å². The summed E-state index contributed by atoms with van der Waals surface area (Å²) in [6.45, 7) is 6.81. The van der Waals surface area contributed by atoms with Gasteiger partial charge in [-0.15, -0.1) is 0 Å². The first-order chi connectivity index (χ1) is 16.7. The fourth-order valence-electron chi connectivity index (χ4n) is 6.99. The van der Waals surface area contributed by atoms with Gasteiger partial charge in [0.15, 0.2) is 0 Å². The van der Waals surface area contributed by atoms with E-state index in [0.717, 1.165) is 35.9 Å². The zero-order valence-electron chi connectivity index (χ0n) is 20.2. The number of aromatic nitrogens is 1. The molecule has 0 radical (unpaired) electrons. The average Bonchev–Trinajstić information content (AvgIpc) is 3.33. The minimum Gasteiger partial charge on any atom is -0.733 e. The Morgan fingerprint density at radius 1 is 1.03 bits per heavy atom. The predicted octanol–water partition coefficient (Wildman–Crippen LogP) is 5.69. The van der Waals surface area contributed by atoms with E-state index in [1.807, 2.05) is 18.2 Å². The van der Waals surface area contributed by atoms with Crippen LogP contribution in [0.5, 0.6) is 0 Å². The zero-order valence-corrected chi connectivity index (χ0v) is 20.2. The van der Waals surface area contributed by atoms with Gasteiger partial charge in [0.05, 0.1) is 23.2 Å². The van der Waals surface area contributed by atoms with Crippen LogP contribution in [-0.2, 0) is 9.59 Å². The number of para-hydroxylation sites is 1. The maximum Gasteiger partial charge on any atom is 0.243 e. The molecule has 1 saturated carbocycles. The Labute approximate surface area is 204 Å². The molecule has 5 unspecified atom stereocenters. The number of anilines is 2. The molecule has 6 rings (SSSR count). The Morgan fingerprint density at radius 2 is 1.74 bits per heavy atom. The third kappa shape index (κ3) is 3.25. The third-order valence-corrected chi connectivity index (χ3v) is 8.72. The van der Waals surface area contributed by atoms with Crippen molar-refractivity contribution in [1.82, 2.24) is 4.98 Å². The van der Waals surface area contributed by atoms with E-state index in [1.54, 1.807) is 12.1 Å². The van der Waals surface area contributed by atoms with Crippen molar-refractivity contribution in [3.05, 3.63) is 65.0 Å². The Kier molecular flexibility index (Phi) is 4.89. The van der Waals surface area contributed by atoms with Gasteiger partial charge >= 0.3 is 0 Å². The number of nitrogens with zero attached hydrogens (tertiary/aromatic N) is 2. The lowest BCUT2D eigenvalue weighted by atomic mass is 9.56. The van der Waals surface area contributed by atoms with Gasteiger partial charge in [-0.25, -0.2) is 4.90 Å². The Balaban J connectivity index is 1.49. The standard InChI is InChI=1S/C28H30N3O4/c1-28(2,3)15-8-13-18-20(14-15)23-24(25-22(18)19-6-4-5-7-21(19)29-25)27(33)30(26(23)32)16-9-11-17(12-10-16)31(34)35/h4-7,9-12,15,18,20,23-24,29,34H,8,13-14H2,1-3H3/q-1. The third-order valence-electron chi connectivity index (χ3n) is 8.72. The SMILES string of the molecule is CC(C)(C)C1CCC2c3c([nH]c4ccccc34)C3C(=O)N(c4ccc(N([O-])O)cc4)C(=O)C3C2C1. The summed E-state index contributed by atoms with van der Waals surface area (Å²) in [5.74, 6) is -0.516. The molecule has 0 spiro atoms. The number of aromatic amines is 1. The molecule has 7 heteroatoms. The second-order valence-corrected chi connectivity index (χ2v) is 11.4. The molecule has 2 amide bonds. The molecule has 3 aromatic rings. The van der Waals surface area contributed by atoms with Crippen molar-refractivity contribution in [2.75, 3.05) is 10.1 Å². The molecular formula is C28H30N3O4-. The number of fused-ring (bicyclic) bond motifs is 8. The first-order valence-corrected chi connectivity index (χ1v) is 12.4. The highest BCUT2D eigenvalue weighted by Gasteiger charge is 2.59. The molecule has 1 aliphatic heterocycles. The van der Waals surface area contributed by atoms with Crippen molar-refractivity contribution in [1.29, 1.82) is 0 Å². The summed E-state index contributed by atoms with van der Waals surface area (Å²) in [5, 5.41) is 21.3. The molecule has 1 aromatic heterocycles. The van der Waals surface area contributed by atoms with Crippen LogP contribution in [0.1, 0.15) is 63.1 Å². The minimum absolute atomic E-state index is 0.0449. The predicted molar refractivity (Wildman–Crippen MR) is 134 cm³/mol. The fraction of sp³-hybridized carbons (Fsp3) is 0.429. The quantitative estimate of drug-likeness (QED) is 0.368. The Morgan fingerprint density at radius 3 is 2.43 bits per heavy atom. The van der Waals surface area contributed by atoms with E-state index in [9.17, 15) is 20.0 Å². The molecule has 2 fully saturated rings. The van der Waals surface area contributed by atoms with Crippen LogP contribution < -0.4 is 10.1 Å². The summed E-state index contributed by atoms with van der Waals surface area (Å²) in [5.41, 5.74) is 3.73. The van der Waals surface area contributed by atoms with Gasteiger partial charge < -0.3 is 15.4 Å². The average molecular weight is 473 g/mol. The maximum absolute atomic E-state index is 14.0. The first kappa shape index (κ1) is 22.3. The highest BCUT2D eigenvalue weighted by atomic mass is 16.8. The van der Waals surface area contributed by atoms with Crippen molar-refractivity contribution in [2.45, 2.75) is 51.9 Å². The lowest BCUT2D eigenvalue weighted by Crippen LogP contribution is -2.41. The van der Waals surface area contributed by atoms with Gasteiger partial charge in [0, 0.05) is 16.6 Å². The van der Waals surface area contributed by atoms with Crippen LogP contribution in [0, 0.1) is 28.4 Å². The summed E-state index contributed by atoms with van der Waals surface area (Å²) >= 11 is 0. The molecule has 2 heterocycles. The van der Waals surface area contributed by atoms with E-state index < -0.39 is 11.8 Å². The van der Waals surface area contributed by atoms with E-state index in [4.69, 9.17) is 0 Å². The molecule has 2 N–H and O–H groups in total. The summed E-state index contributed by atoms with van der Waals surface area (Å²) < 4.78 is 0. The molecule has 7 nitrogen and oxygen atoms in total. The molecule has 2 aromatic carbocycles. The smallest absolute Gasteiger partial charge is 0.243 e. The van der Waals surface area contributed by atoms with Gasteiger partial charge in [0.1, 0.15) is 0 Å². The molecule has 1 saturated heterocycles. The van der Waals surface area contributed by atoms with E-state index in [0.29, 0.717) is 11.6 Å². The highest BCUT2D eigenvalue weighted by Crippen LogP contribution is 2.60. The van der Waals surface area contributed by atoms with Crippen LogP contribution in [0.3, 0.4) is 0 Å². The van der Waals surface area contributed by atoms with Crippen molar-refractivity contribution >= 4 is 34.1 Å². The van der Waals surface area contributed by atoms with Crippen LogP contribution in [0.2, 0.25) is 0 Å². The van der Waals surface area contributed by atoms with Gasteiger partial charge in [0.2, 0.25) is 11.8 Å². The van der Waals surface area contributed by atoms with Crippen molar-refractivity contribution in [3.63, 3.8) is 0 Å². The molecular weight excluding hydrogens is 442 g/mol. The number of rotatable bonds is 2. The lowest BCUT2D eigenvalue weighted by Gasteiger charge is -2.47. The van der Waals surface area contributed by atoms with Crippen LogP contribution in [0.4, 0.5) is 11.4 Å². The van der Waals surface area contributed by atoms with Crippen LogP contribution in [0.15, 0.2) is 48.5 Å². The van der Waals surface area contributed by atoms with E-state index in [-0.39, 0.29) is 40.0 Å². The zero-order chi connectivity index (χ0) is 24.6. The van der Waals surface area contributed by atoms with Crippen molar-refractivity contribution in [3.8, 4) is 0 Å². The van der Waals surface area contributed by atoms with Crippen molar-refractivity contribution < 1.29 is 14.8 Å². The number of imide groups is 1. The summed E-state index contributed by atoms with van der Waals surface area (Å²) in [6.07, 6.45) is 3.05. The number of carbonyl (C=O) groups excluding carboxylic acids is 2. The Hall–Kier alpha value is -3.16. The van der Waals surface area contributed by atoms with Gasteiger partial charge in [-0.05, 0) is 78.3 Å². The van der Waals surface area contributed by atoms with Gasteiger partial charge in [-0.3, -0.25) is 14.8 Å². The number of amides is 2. The lowest BCUT2D eigenvalue weighted by molar-refractivity contribution is -0.123. The van der Waals surface area contributed by atoms with Crippen LogP contribution >= 0.6 is 0 Å². The molecule has 182 valence electrons. The highest BCUT2D eigenvalue weighted by molar-refractivity contribution is 6.24. The number of H-pyrrole nitrogens is 1. The summed E-state index contributed by atoms with van der Waals surface area (Å²) in [4.78, 5) is 32.7. The monoisotopic (exact) mass is 472 g/mol. The fourth-order valence-corrected chi connectivity index (χ4v) is 6.99.